The van der Waals surface area contributed by atoms with Crippen molar-refractivity contribution < 1.29 is 0 Å². The van der Waals surface area contributed by atoms with Crippen LogP contribution in [0.15, 0.2) is 29.4 Å². The lowest BCUT2D eigenvalue weighted by Gasteiger charge is -2.03. The highest BCUT2D eigenvalue weighted by Gasteiger charge is 1.99. The molecule has 0 radical (unpaired) electrons. The van der Waals surface area contributed by atoms with Crippen LogP contribution >= 0.6 is 11.8 Å². The minimum atomic E-state index is 1.16. The molecular weight excluding hydrogens is 180 g/mol. The zero-order chi connectivity index (χ0) is 9.26. The highest BCUT2D eigenvalue weighted by atomic mass is 32.2. The van der Waals surface area contributed by atoms with Gasteiger partial charge in [-0.15, -0.1) is 11.8 Å². The average molecular weight is 190 g/mol. The lowest BCUT2D eigenvalue weighted by molar-refractivity contribution is 1.05. The molecule has 2 nitrogen and oxygen atoms in total. The van der Waals surface area contributed by atoms with Gasteiger partial charge in [0.15, 0.2) is 0 Å². The number of hydrogen-bond acceptors (Lipinski definition) is 3. The standard InChI is InChI=1S/C10H10N2S/c1-7-3-8-5-11-12-6-9(8)4-10(7)13-2/h3-6H,1-2H3. The SMILES string of the molecule is CSc1cc2cnncc2cc1C. The molecule has 0 saturated carbocycles. The third-order valence-corrected chi connectivity index (χ3v) is 2.94. The molecule has 1 heterocycles. The first-order valence-corrected chi connectivity index (χ1v) is 5.29. The highest BCUT2D eigenvalue weighted by Crippen LogP contribution is 2.24. The number of hydrogen-bond donors (Lipinski definition) is 0. The van der Waals surface area contributed by atoms with Gasteiger partial charge in [0.05, 0.1) is 12.4 Å². The monoisotopic (exact) mass is 190 g/mol. The number of aryl methyl sites for hydroxylation is 1. The Hall–Kier alpha value is -1.09. The third-order valence-electron chi connectivity index (χ3n) is 2.06. The number of rotatable bonds is 1. The Labute approximate surface area is 81.4 Å². The minimum absolute atomic E-state index is 1.16. The Balaban J connectivity index is 2.74. The van der Waals surface area contributed by atoms with Crippen molar-refractivity contribution in [2.24, 2.45) is 0 Å². The number of fused-ring (bicyclic) bond motifs is 1. The largest absolute Gasteiger partial charge is 0.158 e. The van der Waals surface area contributed by atoms with Crippen molar-refractivity contribution in [3.8, 4) is 0 Å². The second kappa shape index (κ2) is 3.34. The Morgan fingerprint density at radius 2 is 1.69 bits per heavy atom. The van der Waals surface area contributed by atoms with Crippen LogP contribution in [0.1, 0.15) is 5.56 Å². The summed E-state index contributed by atoms with van der Waals surface area (Å²) in [6, 6.07) is 4.31. The fourth-order valence-corrected chi connectivity index (χ4v) is 1.99. The van der Waals surface area contributed by atoms with E-state index in [9.17, 15) is 0 Å². The van der Waals surface area contributed by atoms with E-state index >= 15 is 0 Å². The van der Waals surface area contributed by atoms with Gasteiger partial charge in [0, 0.05) is 15.7 Å². The van der Waals surface area contributed by atoms with E-state index in [2.05, 4.69) is 35.5 Å². The molecule has 0 atom stereocenters. The fourth-order valence-electron chi connectivity index (χ4n) is 1.36. The first-order valence-electron chi connectivity index (χ1n) is 4.06. The van der Waals surface area contributed by atoms with Crippen LogP contribution in [-0.2, 0) is 0 Å². The molecule has 0 fully saturated rings. The van der Waals surface area contributed by atoms with Crippen LogP contribution in [-0.4, -0.2) is 16.5 Å². The lowest BCUT2D eigenvalue weighted by atomic mass is 10.1. The summed E-state index contributed by atoms with van der Waals surface area (Å²) in [5.41, 5.74) is 1.30. The molecule has 0 unspecified atom stereocenters. The normalized spacial score (nSPS) is 10.6. The van der Waals surface area contributed by atoms with Gasteiger partial charge in [0.25, 0.3) is 0 Å². The molecule has 1 aromatic carbocycles. The molecule has 0 spiro atoms. The van der Waals surface area contributed by atoms with Gasteiger partial charge >= 0.3 is 0 Å². The van der Waals surface area contributed by atoms with E-state index in [1.165, 1.54) is 10.5 Å². The maximum Gasteiger partial charge on any atom is 0.0575 e. The van der Waals surface area contributed by atoms with Crippen LogP contribution in [0, 0.1) is 6.92 Å². The van der Waals surface area contributed by atoms with Crippen LogP contribution in [0.3, 0.4) is 0 Å². The second-order valence-electron chi connectivity index (χ2n) is 2.94. The van der Waals surface area contributed by atoms with E-state index in [1.54, 1.807) is 24.2 Å². The number of aromatic nitrogens is 2. The van der Waals surface area contributed by atoms with Crippen LogP contribution in [0.25, 0.3) is 10.8 Å². The zero-order valence-electron chi connectivity index (χ0n) is 7.61. The van der Waals surface area contributed by atoms with Gasteiger partial charge in [-0.05, 0) is 30.9 Å². The van der Waals surface area contributed by atoms with Gasteiger partial charge in [-0.2, -0.15) is 10.2 Å². The first-order chi connectivity index (χ1) is 6.31. The Morgan fingerprint density at radius 1 is 1.08 bits per heavy atom. The molecule has 1 aromatic heterocycles. The van der Waals surface area contributed by atoms with Crippen LogP contribution < -0.4 is 0 Å². The van der Waals surface area contributed by atoms with Crippen LogP contribution in [0.2, 0.25) is 0 Å². The molecule has 0 bridgehead atoms. The van der Waals surface area contributed by atoms with Crippen molar-refractivity contribution in [2.75, 3.05) is 6.26 Å². The fraction of sp³-hybridized carbons (Fsp3) is 0.200. The molecule has 0 saturated heterocycles. The molecule has 0 aliphatic heterocycles. The van der Waals surface area contributed by atoms with Crippen LogP contribution in [0.5, 0.6) is 0 Å². The van der Waals surface area contributed by atoms with Gasteiger partial charge in [0.2, 0.25) is 0 Å². The van der Waals surface area contributed by atoms with Crippen molar-refractivity contribution >= 4 is 22.5 Å². The van der Waals surface area contributed by atoms with Crippen molar-refractivity contribution in [3.63, 3.8) is 0 Å². The molecule has 3 heteroatoms. The van der Waals surface area contributed by atoms with E-state index < -0.39 is 0 Å². The summed E-state index contributed by atoms with van der Waals surface area (Å²) in [5, 5.41) is 10.0. The summed E-state index contributed by atoms with van der Waals surface area (Å²) < 4.78 is 0. The molecular formula is C10H10N2S. The number of benzene rings is 1. The summed E-state index contributed by atoms with van der Waals surface area (Å²) >= 11 is 1.76. The van der Waals surface area contributed by atoms with Gasteiger partial charge < -0.3 is 0 Å². The van der Waals surface area contributed by atoms with Gasteiger partial charge in [-0.3, -0.25) is 0 Å². The summed E-state index contributed by atoms with van der Waals surface area (Å²) in [4.78, 5) is 1.31. The minimum Gasteiger partial charge on any atom is -0.158 e. The molecule has 0 amide bonds. The van der Waals surface area contributed by atoms with E-state index in [-0.39, 0.29) is 0 Å². The maximum absolute atomic E-state index is 3.86. The number of nitrogens with zero attached hydrogens (tertiary/aromatic N) is 2. The Kier molecular flexibility index (Phi) is 2.19. The summed E-state index contributed by atoms with van der Waals surface area (Å²) in [6.07, 6.45) is 5.68. The van der Waals surface area contributed by atoms with E-state index in [0.29, 0.717) is 0 Å². The van der Waals surface area contributed by atoms with Crippen molar-refractivity contribution in [2.45, 2.75) is 11.8 Å². The summed E-state index contributed by atoms with van der Waals surface area (Å²) in [7, 11) is 0. The van der Waals surface area contributed by atoms with Gasteiger partial charge in [-0.25, -0.2) is 0 Å². The predicted octanol–water partition coefficient (Wildman–Crippen LogP) is 2.66. The molecule has 0 N–H and O–H groups in total. The Morgan fingerprint density at radius 3 is 2.31 bits per heavy atom. The van der Waals surface area contributed by atoms with Crippen molar-refractivity contribution in [1.82, 2.24) is 10.2 Å². The van der Waals surface area contributed by atoms with Crippen molar-refractivity contribution in [1.29, 1.82) is 0 Å². The lowest BCUT2D eigenvalue weighted by Crippen LogP contribution is -1.84. The van der Waals surface area contributed by atoms with Crippen molar-refractivity contribution in [3.05, 3.63) is 30.1 Å². The van der Waals surface area contributed by atoms with E-state index in [0.717, 1.165) is 10.8 Å². The number of thioether (sulfide) groups is 1. The predicted molar refractivity (Wildman–Crippen MR) is 56.1 cm³/mol. The molecule has 0 aliphatic rings. The maximum atomic E-state index is 3.86. The molecule has 2 rings (SSSR count). The smallest absolute Gasteiger partial charge is 0.0575 e. The third kappa shape index (κ3) is 1.52. The first kappa shape index (κ1) is 8.51. The van der Waals surface area contributed by atoms with Gasteiger partial charge in [-0.1, -0.05) is 0 Å². The second-order valence-corrected chi connectivity index (χ2v) is 3.79. The van der Waals surface area contributed by atoms with Crippen LogP contribution in [0.4, 0.5) is 0 Å². The topological polar surface area (TPSA) is 25.8 Å². The Bertz CT molecular complexity index is 440. The molecule has 13 heavy (non-hydrogen) atoms. The quantitative estimate of drug-likeness (QED) is 0.646. The molecule has 66 valence electrons. The molecule has 2 aromatic rings. The highest BCUT2D eigenvalue weighted by molar-refractivity contribution is 7.98. The van der Waals surface area contributed by atoms with Gasteiger partial charge in [0.1, 0.15) is 0 Å². The summed E-state index contributed by atoms with van der Waals surface area (Å²) in [6.45, 7) is 2.12. The average Bonchev–Trinajstić information content (AvgIpc) is 2.17. The molecule has 0 aliphatic carbocycles. The van der Waals surface area contributed by atoms with E-state index in [4.69, 9.17) is 0 Å². The zero-order valence-corrected chi connectivity index (χ0v) is 8.43. The van der Waals surface area contributed by atoms with E-state index in [1.807, 2.05) is 0 Å². The summed E-state index contributed by atoms with van der Waals surface area (Å²) in [5.74, 6) is 0.